The molecule has 2 heterocycles. The minimum Gasteiger partial charge on any atom is -0.358 e. The Balaban J connectivity index is 1.58. The largest absolute Gasteiger partial charge is 0.358 e. The number of aromatic nitrogens is 3. The van der Waals surface area contributed by atoms with Crippen molar-refractivity contribution in [2.24, 2.45) is 5.92 Å². The van der Waals surface area contributed by atoms with Crippen molar-refractivity contribution in [2.45, 2.75) is 33.2 Å². The number of rotatable bonds is 5. The van der Waals surface area contributed by atoms with Gasteiger partial charge in [-0.1, -0.05) is 44.2 Å². The molecule has 3 N–H and O–H groups in total. The number of imidazole rings is 1. The second kappa shape index (κ2) is 6.91. The summed E-state index contributed by atoms with van der Waals surface area (Å²) in [6, 6.07) is 15.9. The minimum atomic E-state index is -0.157. The van der Waals surface area contributed by atoms with Gasteiger partial charge in [0.25, 0.3) is 0 Å². The molecule has 0 aliphatic rings. The van der Waals surface area contributed by atoms with Crippen LogP contribution in [0, 0.1) is 12.8 Å². The summed E-state index contributed by atoms with van der Waals surface area (Å²) < 4.78 is 0. The van der Waals surface area contributed by atoms with Gasteiger partial charge in [-0.3, -0.25) is 4.79 Å². The number of H-pyrrole nitrogens is 2. The van der Waals surface area contributed by atoms with Gasteiger partial charge in [0.05, 0.1) is 23.5 Å². The molecule has 0 saturated heterocycles. The van der Waals surface area contributed by atoms with Crippen LogP contribution in [0.5, 0.6) is 0 Å². The Morgan fingerprint density at radius 2 is 1.74 bits per heavy atom. The predicted octanol–water partition coefficient (Wildman–Crippen LogP) is 4.41. The standard InChI is InChI=1S/C22H24N4O/c1-13(2)21(22-24-18-10-6-7-11-19(18)25-22)26-20(27)12-16-14(3)23-17-9-5-4-8-15(16)17/h4-11,13,21,23H,12H2,1-3H3,(H,24,25)(H,26,27). The molecule has 1 atom stereocenters. The van der Waals surface area contributed by atoms with Gasteiger partial charge in [0.15, 0.2) is 0 Å². The lowest BCUT2D eigenvalue weighted by molar-refractivity contribution is -0.121. The lowest BCUT2D eigenvalue weighted by atomic mass is 10.0. The highest BCUT2D eigenvalue weighted by Crippen LogP contribution is 2.25. The Morgan fingerprint density at radius 1 is 1.04 bits per heavy atom. The Bertz CT molecular complexity index is 1070. The summed E-state index contributed by atoms with van der Waals surface area (Å²) in [6.45, 7) is 6.20. The highest BCUT2D eigenvalue weighted by molar-refractivity contribution is 5.90. The molecular weight excluding hydrogens is 336 g/mol. The maximum absolute atomic E-state index is 12.8. The molecule has 0 aliphatic heterocycles. The van der Waals surface area contributed by atoms with Crippen LogP contribution in [-0.2, 0) is 11.2 Å². The molecule has 1 unspecified atom stereocenters. The summed E-state index contributed by atoms with van der Waals surface area (Å²) in [5.74, 6) is 1.02. The normalized spacial score (nSPS) is 12.7. The Labute approximate surface area is 158 Å². The zero-order valence-electron chi connectivity index (χ0n) is 15.8. The van der Waals surface area contributed by atoms with E-state index in [0.29, 0.717) is 6.42 Å². The Hall–Kier alpha value is -3.08. The first-order valence-corrected chi connectivity index (χ1v) is 9.33. The second-order valence-electron chi connectivity index (χ2n) is 7.38. The van der Waals surface area contributed by atoms with Gasteiger partial charge in [-0.15, -0.1) is 0 Å². The first kappa shape index (κ1) is 17.3. The molecule has 0 bridgehead atoms. The maximum Gasteiger partial charge on any atom is 0.225 e. The topological polar surface area (TPSA) is 73.6 Å². The molecule has 0 radical (unpaired) electrons. The SMILES string of the molecule is Cc1[nH]c2ccccc2c1CC(=O)NC(c1nc2ccccc2[nH]1)C(C)C. The van der Waals surface area contributed by atoms with E-state index in [2.05, 4.69) is 40.2 Å². The number of fused-ring (bicyclic) bond motifs is 2. The van der Waals surface area contributed by atoms with Crippen molar-refractivity contribution in [3.63, 3.8) is 0 Å². The van der Waals surface area contributed by atoms with Crippen LogP contribution in [0.4, 0.5) is 0 Å². The summed E-state index contributed by atoms with van der Waals surface area (Å²) in [5, 5.41) is 4.28. The summed E-state index contributed by atoms with van der Waals surface area (Å²) in [7, 11) is 0. The third kappa shape index (κ3) is 3.33. The molecule has 2 aromatic heterocycles. The lowest BCUT2D eigenvalue weighted by Crippen LogP contribution is -2.33. The van der Waals surface area contributed by atoms with E-state index >= 15 is 0 Å². The molecule has 1 amide bonds. The van der Waals surface area contributed by atoms with Gasteiger partial charge in [0.1, 0.15) is 5.82 Å². The summed E-state index contributed by atoms with van der Waals surface area (Å²) in [5.41, 5.74) is 5.06. The number of nitrogens with one attached hydrogen (secondary N) is 3. The number of carbonyl (C=O) groups is 1. The van der Waals surface area contributed by atoms with Crippen molar-refractivity contribution < 1.29 is 4.79 Å². The summed E-state index contributed by atoms with van der Waals surface area (Å²) >= 11 is 0. The average Bonchev–Trinajstić information content (AvgIpc) is 3.20. The van der Waals surface area contributed by atoms with E-state index in [-0.39, 0.29) is 17.9 Å². The van der Waals surface area contributed by atoms with E-state index in [1.165, 1.54) is 0 Å². The van der Waals surface area contributed by atoms with E-state index in [1.807, 2.05) is 49.4 Å². The van der Waals surface area contributed by atoms with Gasteiger partial charge in [0.2, 0.25) is 5.91 Å². The molecule has 0 fully saturated rings. The van der Waals surface area contributed by atoms with E-state index in [0.717, 1.165) is 39.0 Å². The number of para-hydroxylation sites is 3. The number of carbonyl (C=O) groups excluding carboxylic acids is 1. The fourth-order valence-electron chi connectivity index (χ4n) is 3.62. The van der Waals surface area contributed by atoms with Crippen LogP contribution >= 0.6 is 0 Å². The Kier molecular flexibility index (Phi) is 4.44. The molecule has 2 aromatic carbocycles. The van der Waals surface area contributed by atoms with Crippen LogP contribution in [0.2, 0.25) is 0 Å². The van der Waals surface area contributed by atoms with Crippen LogP contribution in [-0.4, -0.2) is 20.9 Å². The van der Waals surface area contributed by atoms with E-state index < -0.39 is 0 Å². The number of benzene rings is 2. The van der Waals surface area contributed by atoms with E-state index in [1.54, 1.807) is 0 Å². The van der Waals surface area contributed by atoms with Gasteiger partial charge in [-0.2, -0.15) is 0 Å². The van der Waals surface area contributed by atoms with Crippen molar-refractivity contribution in [3.05, 3.63) is 65.6 Å². The van der Waals surface area contributed by atoms with E-state index in [4.69, 9.17) is 0 Å². The second-order valence-corrected chi connectivity index (χ2v) is 7.38. The number of amides is 1. The summed E-state index contributed by atoms with van der Waals surface area (Å²) in [4.78, 5) is 24.2. The van der Waals surface area contributed by atoms with Crippen LogP contribution < -0.4 is 5.32 Å². The van der Waals surface area contributed by atoms with Crippen molar-refractivity contribution in [2.75, 3.05) is 0 Å². The molecule has 5 nitrogen and oxygen atoms in total. The number of aromatic amines is 2. The van der Waals surface area contributed by atoms with Gasteiger partial charge < -0.3 is 15.3 Å². The highest BCUT2D eigenvalue weighted by atomic mass is 16.1. The molecule has 4 aromatic rings. The molecule has 138 valence electrons. The third-order valence-corrected chi connectivity index (χ3v) is 5.05. The molecule has 4 rings (SSSR count). The fourth-order valence-corrected chi connectivity index (χ4v) is 3.62. The summed E-state index contributed by atoms with van der Waals surface area (Å²) in [6.07, 6.45) is 0.347. The zero-order valence-corrected chi connectivity index (χ0v) is 15.8. The fraction of sp³-hybridized carbons (Fsp3) is 0.273. The predicted molar refractivity (Wildman–Crippen MR) is 109 cm³/mol. The number of hydrogen-bond donors (Lipinski definition) is 3. The number of nitrogens with zero attached hydrogens (tertiary/aromatic N) is 1. The van der Waals surface area contributed by atoms with Gasteiger partial charge in [-0.25, -0.2) is 4.98 Å². The van der Waals surface area contributed by atoms with Crippen molar-refractivity contribution in [1.82, 2.24) is 20.3 Å². The monoisotopic (exact) mass is 360 g/mol. The van der Waals surface area contributed by atoms with Crippen LogP contribution in [0.3, 0.4) is 0 Å². The van der Waals surface area contributed by atoms with Crippen LogP contribution in [0.15, 0.2) is 48.5 Å². The number of hydrogen-bond acceptors (Lipinski definition) is 2. The zero-order chi connectivity index (χ0) is 19.0. The van der Waals surface area contributed by atoms with Gasteiger partial charge in [-0.05, 0) is 36.6 Å². The average molecular weight is 360 g/mol. The number of aryl methyl sites for hydroxylation is 1. The van der Waals surface area contributed by atoms with Gasteiger partial charge >= 0.3 is 0 Å². The van der Waals surface area contributed by atoms with E-state index in [9.17, 15) is 4.79 Å². The first-order chi connectivity index (χ1) is 13.0. The highest BCUT2D eigenvalue weighted by Gasteiger charge is 2.22. The molecule has 0 aliphatic carbocycles. The van der Waals surface area contributed by atoms with Crippen LogP contribution in [0.1, 0.15) is 37.0 Å². The van der Waals surface area contributed by atoms with Crippen molar-refractivity contribution in [3.8, 4) is 0 Å². The van der Waals surface area contributed by atoms with Crippen LogP contribution in [0.25, 0.3) is 21.9 Å². The third-order valence-electron chi connectivity index (χ3n) is 5.05. The quantitative estimate of drug-likeness (QED) is 0.493. The lowest BCUT2D eigenvalue weighted by Gasteiger charge is -2.20. The Morgan fingerprint density at radius 3 is 2.48 bits per heavy atom. The molecule has 0 saturated carbocycles. The smallest absolute Gasteiger partial charge is 0.225 e. The molecule has 0 spiro atoms. The van der Waals surface area contributed by atoms with Crippen molar-refractivity contribution in [1.29, 1.82) is 0 Å². The first-order valence-electron chi connectivity index (χ1n) is 9.33. The minimum absolute atomic E-state index is 0.00186. The maximum atomic E-state index is 12.8. The van der Waals surface area contributed by atoms with Gasteiger partial charge in [0, 0.05) is 16.6 Å². The molecule has 5 heteroatoms. The molecular formula is C22H24N4O. The van der Waals surface area contributed by atoms with Crippen molar-refractivity contribution >= 4 is 27.8 Å². The molecule has 27 heavy (non-hydrogen) atoms.